The zero-order chi connectivity index (χ0) is 17.7. The molecule has 1 saturated carbocycles. The second-order valence-electron chi connectivity index (χ2n) is 6.46. The van der Waals surface area contributed by atoms with Gasteiger partial charge in [0.2, 0.25) is 10.0 Å². The molecule has 0 radical (unpaired) electrons. The summed E-state index contributed by atoms with van der Waals surface area (Å²) in [5.74, 6) is 0.891. The summed E-state index contributed by atoms with van der Waals surface area (Å²) in [7, 11) is -3.52. The van der Waals surface area contributed by atoms with Gasteiger partial charge in [-0.1, -0.05) is 12.1 Å². The van der Waals surface area contributed by atoms with E-state index in [0.717, 1.165) is 24.2 Å². The van der Waals surface area contributed by atoms with Crippen LogP contribution in [0.3, 0.4) is 0 Å². The van der Waals surface area contributed by atoms with Gasteiger partial charge in [0, 0.05) is 18.9 Å². The minimum atomic E-state index is -3.52. The number of nitrogens with one attached hydrogen (secondary N) is 1. The van der Waals surface area contributed by atoms with Crippen LogP contribution < -0.4 is 9.46 Å². The standard InChI is InChI=1S/C19H24N2O3S/c1-15-10-12-20-14-19(15)25(22,23)21-13-11-16-6-8-18(9-7-16)24-17-4-2-3-5-17/h6-10,12,14,17,21H,2-5,11,13H2,1H3. The van der Waals surface area contributed by atoms with Crippen molar-refractivity contribution in [3.8, 4) is 5.75 Å². The maximum Gasteiger partial charge on any atom is 0.242 e. The maximum atomic E-state index is 12.3. The molecule has 6 heteroatoms. The third kappa shape index (κ3) is 4.80. The van der Waals surface area contributed by atoms with E-state index in [0.29, 0.717) is 24.6 Å². The zero-order valence-electron chi connectivity index (χ0n) is 14.4. The lowest BCUT2D eigenvalue weighted by atomic mass is 10.1. The number of nitrogens with zero attached hydrogens (tertiary/aromatic N) is 1. The van der Waals surface area contributed by atoms with Crippen molar-refractivity contribution < 1.29 is 13.2 Å². The molecule has 3 rings (SSSR count). The number of hydrogen-bond acceptors (Lipinski definition) is 4. The first-order chi connectivity index (χ1) is 12.0. The normalized spacial score (nSPS) is 15.4. The number of aromatic nitrogens is 1. The Balaban J connectivity index is 1.52. The summed E-state index contributed by atoms with van der Waals surface area (Å²) < 4.78 is 33.2. The van der Waals surface area contributed by atoms with Gasteiger partial charge >= 0.3 is 0 Å². The highest BCUT2D eigenvalue weighted by Gasteiger charge is 2.17. The van der Waals surface area contributed by atoms with Crippen LogP contribution in [0.25, 0.3) is 0 Å². The van der Waals surface area contributed by atoms with Crippen LogP contribution in [0.5, 0.6) is 5.75 Å². The van der Waals surface area contributed by atoms with Crippen LogP contribution in [0, 0.1) is 6.92 Å². The first-order valence-electron chi connectivity index (χ1n) is 8.70. The molecule has 0 atom stereocenters. The Kier molecular flexibility index (Phi) is 5.71. The fraction of sp³-hybridized carbons (Fsp3) is 0.421. The summed E-state index contributed by atoms with van der Waals surface area (Å²) in [5.41, 5.74) is 1.76. The lowest BCUT2D eigenvalue weighted by molar-refractivity contribution is 0.210. The molecule has 134 valence electrons. The highest BCUT2D eigenvalue weighted by atomic mass is 32.2. The number of sulfonamides is 1. The number of rotatable bonds is 7. The van der Waals surface area contributed by atoms with Crippen molar-refractivity contribution in [1.82, 2.24) is 9.71 Å². The van der Waals surface area contributed by atoms with Gasteiger partial charge in [-0.2, -0.15) is 0 Å². The Morgan fingerprint density at radius 1 is 1.16 bits per heavy atom. The molecule has 5 nitrogen and oxygen atoms in total. The number of aryl methyl sites for hydroxylation is 1. The minimum absolute atomic E-state index is 0.232. The summed E-state index contributed by atoms with van der Waals surface area (Å²) in [4.78, 5) is 4.13. The molecule has 1 aliphatic carbocycles. The van der Waals surface area contributed by atoms with Crippen molar-refractivity contribution in [3.63, 3.8) is 0 Å². The quantitative estimate of drug-likeness (QED) is 0.823. The molecule has 0 spiro atoms. The topological polar surface area (TPSA) is 68.3 Å². The van der Waals surface area contributed by atoms with Crippen molar-refractivity contribution in [2.24, 2.45) is 0 Å². The summed E-state index contributed by atoms with van der Waals surface area (Å²) in [6.07, 6.45) is 8.71. The Labute approximate surface area is 149 Å². The molecule has 0 bridgehead atoms. The van der Waals surface area contributed by atoms with E-state index in [1.165, 1.54) is 19.0 Å². The van der Waals surface area contributed by atoms with E-state index in [1.54, 1.807) is 19.2 Å². The van der Waals surface area contributed by atoms with E-state index in [4.69, 9.17) is 4.74 Å². The van der Waals surface area contributed by atoms with Gasteiger partial charge in [-0.15, -0.1) is 0 Å². The van der Waals surface area contributed by atoms with Gasteiger partial charge in [0.25, 0.3) is 0 Å². The minimum Gasteiger partial charge on any atom is -0.490 e. The molecule has 1 heterocycles. The van der Waals surface area contributed by atoms with E-state index in [1.807, 2.05) is 24.3 Å². The molecule has 1 fully saturated rings. The molecule has 0 unspecified atom stereocenters. The van der Waals surface area contributed by atoms with Gasteiger partial charge in [0.1, 0.15) is 10.6 Å². The molecule has 1 N–H and O–H groups in total. The molecule has 0 aliphatic heterocycles. The highest BCUT2D eigenvalue weighted by Crippen LogP contribution is 2.24. The lowest BCUT2D eigenvalue weighted by Gasteiger charge is -2.13. The van der Waals surface area contributed by atoms with Crippen molar-refractivity contribution in [2.75, 3.05) is 6.54 Å². The molecule has 1 aromatic carbocycles. The van der Waals surface area contributed by atoms with Crippen LogP contribution in [0.2, 0.25) is 0 Å². The number of pyridine rings is 1. The summed E-state index contributed by atoms with van der Waals surface area (Å²) >= 11 is 0. The smallest absolute Gasteiger partial charge is 0.242 e. The Morgan fingerprint density at radius 2 is 1.88 bits per heavy atom. The van der Waals surface area contributed by atoms with Crippen LogP contribution in [0.15, 0.2) is 47.6 Å². The molecular formula is C19H24N2O3S. The predicted molar refractivity (Wildman–Crippen MR) is 97.2 cm³/mol. The third-order valence-electron chi connectivity index (χ3n) is 4.51. The average molecular weight is 360 g/mol. The lowest BCUT2D eigenvalue weighted by Crippen LogP contribution is -2.26. The number of hydrogen-bond donors (Lipinski definition) is 1. The largest absolute Gasteiger partial charge is 0.490 e. The van der Waals surface area contributed by atoms with Gasteiger partial charge < -0.3 is 4.74 Å². The van der Waals surface area contributed by atoms with E-state index < -0.39 is 10.0 Å². The molecule has 2 aromatic rings. The second kappa shape index (κ2) is 7.97. The first-order valence-corrected chi connectivity index (χ1v) is 10.2. The Morgan fingerprint density at radius 3 is 2.56 bits per heavy atom. The maximum absolute atomic E-state index is 12.3. The van der Waals surface area contributed by atoms with Crippen LogP contribution in [-0.4, -0.2) is 26.1 Å². The zero-order valence-corrected chi connectivity index (χ0v) is 15.3. The number of ether oxygens (including phenoxy) is 1. The first kappa shape index (κ1) is 17.9. The van der Waals surface area contributed by atoms with Crippen LogP contribution in [0.1, 0.15) is 36.8 Å². The van der Waals surface area contributed by atoms with E-state index in [2.05, 4.69) is 9.71 Å². The molecule has 0 saturated heterocycles. The van der Waals surface area contributed by atoms with Crippen LogP contribution >= 0.6 is 0 Å². The summed E-state index contributed by atoms with van der Waals surface area (Å²) in [5, 5.41) is 0. The summed E-state index contributed by atoms with van der Waals surface area (Å²) in [6.45, 7) is 2.11. The Bertz CT molecular complexity index is 798. The SMILES string of the molecule is Cc1ccncc1S(=O)(=O)NCCc1ccc(OC2CCCC2)cc1. The monoisotopic (exact) mass is 360 g/mol. The van der Waals surface area contributed by atoms with Gasteiger partial charge in [-0.25, -0.2) is 13.1 Å². The Hall–Kier alpha value is -1.92. The van der Waals surface area contributed by atoms with Crippen LogP contribution in [0.4, 0.5) is 0 Å². The highest BCUT2D eigenvalue weighted by molar-refractivity contribution is 7.89. The van der Waals surface area contributed by atoms with Crippen LogP contribution in [-0.2, 0) is 16.4 Å². The van der Waals surface area contributed by atoms with Gasteiger partial charge in [-0.05, 0) is 68.4 Å². The van der Waals surface area contributed by atoms with Gasteiger partial charge in [0.15, 0.2) is 0 Å². The molecule has 1 aliphatic rings. The predicted octanol–water partition coefficient (Wildman–Crippen LogP) is 3.23. The van der Waals surface area contributed by atoms with Gasteiger partial charge in [0.05, 0.1) is 6.10 Å². The molecule has 0 amide bonds. The fourth-order valence-corrected chi connectivity index (χ4v) is 4.29. The summed E-state index contributed by atoms with van der Waals surface area (Å²) in [6, 6.07) is 9.61. The van der Waals surface area contributed by atoms with E-state index in [9.17, 15) is 8.42 Å². The van der Waals surface area contributed by atoms with Crippen molar-refractivity contribution in [2.45, 2.75) is 50.0 Å². The van der Waals surface area contributed by atoms with Gasteiger partial charge in [-0.3, -0.25) is 4.98 Å². The van der Waals surface area contributed by atoms with Crippen molar-refractivity contribution in [3.05, 3.63) is 53.9 Å². The van der Waals surface area contributed by atoms with E-state index >= 15 is 0 Å². The van der Waals surface area contributed by atoms with E-state index in [-0.39, 0.29) is 4.90 Å². The molecule has 25 heavy (non-hydrogen) atoms. The van der Waals surface area contributed by atoms with Crippen molar-refractivity contribution >= 4 is 10.0 Å². The third-order valence-corrected chi connectivity index (χ3v) is 6.11. The molecule has 1 aromatic heterocycles. The second-order valence-corrected chi connectivity index (χ2v) is 8.19. The number of benzene rings is 1. The average Bonchev–Trinajstić information content (AvgIpc) is 3.09. The van der Waals surface area contributed by atoms with Crippen molar-refractivity contribution in [1.29, 1.82) is 0 Å². The fourth-order valence-electron chi connectivity index (χ4n) is 3.07. The molecular weight excluding hydrogens is 336 g/mol.